The minimum Gasteiger partial charge on any atom is -0.465 e. The van der Waals surface area contributed by atoms with Gasteiger partial charge in [0.25, 0.3) is 0 Å². The Balaban J connectivity index is 1.65. The van der Waals surface area contributed by atoms with Crippen molar-refractivity contribution in [2.75, 3.05) is 10.6 Å². The topological polar surface area (TPSA) is 74.2 Å². The Kier molecular flexibility index (Phi) is 4.72. The number of carbonyl (C=O) groups is 1. The minimum absolute atomic E-state index is 0.548. The molecule has 0 unspecified atom stereocenters. The highest BCUT2D eigenvalue weighted by Gasteiger charge is 2.01. The van der Waals surface area contributed by atoms with Crippen molar-refractivity contribution in [1.29, 1.82) is 0 Å². The second kappa shape index (κ2) is 7.28. The number of pyridine rings is 1. The van der Waals surface area contributed by atoms with Crippen molar-refractivity contribution in [2.24, 2.45) is 0 Å². The van der Waals surface area contributed by atoms with Crippen LogP contribution < -0.4 is 10.6 Å². The van der Waals surface area contributed by atoms with E-state index < -0.39 is 6.09 Å². The summed E-state index contributed by atoms with van der Waals surface area (Å²) in [6.45, 7) is 0.680. The molecule has 24 heavy (non-hydrogen) atoms. The van der Waals surface area contributed by atoms with Gasteiger partial charge in [0, 0.05) is 30.3 Å². The van der Waals surface area contributed by atoms with Gasteiger partial charge in [-0.15, -0.1) is 0 Å². The molecule has 5 heteroatoms. The maximum Gasteiger partial charge on any atom is 0.409 e. The standard InChI is InChI=1S/C19H17N3O2/c23-19(24)22-18-8-6-17(7-9-18)21-12-14-3-1-4-15(11-14)16-5-2-10-20-13-16/h1-11,13,21-22H,12H2,(H,23,24). The molecule has 5 nitrogen and oxygen atoms in total. The fourth-order valence-electron chi connectivity index (χ4n) is 2.39. The van der Waals surface area contributed by atoms with Gasteiger partial charge in [0.05, 0.1) is 0 Å². The number of amides is 1. The average molecular weight is 319 g/mol. The van der Waals surface area contributed by atoms with E-state index in [-0.39, 0.29) is 0 Å². The van der Waals surface area contributed by atoms with Crippen molar-refractivity contribution < 1.29 is 9.90 Å². The smallest absolute Gasteiger partial charge is 0.409 e. The van der Waals surface area contributed by atoms with E-state index in [1.807, 2.05) is 36.5 Å². The molecule has 0 aliphatic carbocycles. The lowest BCUT2D eigenvalue weighted by Crippen LogP contribution is -2.07. The predicted octanol–water partition coefficient (Wildman–Crippen LogP) is 4.45. The molecule has 0 aliphatic heterocycles. The van der Waals surface area contributed by atoms with Crippen LogP contribution in [0.2, 0.25) is 0 Å². The summed E-state index contributed by atoms with van der Waals surface area (Å²) in [4.78, 5) is 14.7. The van der Waals surface area contributed by atoms with Crippen molar-refractivity contribution in [2.45, 2.75) is 6.54 Å². The van der Waals surface area contributed by atoms with Crippen LogP contribution in [-0.4, -0.2) is 16.2 Å². The van der Waals surface area contributed by atoms with E-state index in [2.05, 4.69) is 33.8 Å². The van der Waals surface area contributed by atoms with Gasteiger partial charge in [-0.1, -0.05) is 24.3 Å². The van der Waals surface area contributed by atoms with Crippen LogP contribution in [0.3, 0.4) is 0 Å². The van der Waals surface area contributed by atoms with Crippen molar-refractivity contribution in [3.05, 3.63) is 78.6 Å². The monoisotopic (exact) mass is 319 g/mol. The van der Waals surface area contributed by atoms with Crippen LogP contribution in [0.25, 0.3) is 11.1 Å². The lowest BCUT2D eigenvalue weighted by molar-refractivity contribution is 0.210. The highest BCUT2D eigenvalue weighted by atomic mass is 16.4. The third-order valence-electron chi connectivity index (χ3n) is 3.55. The number of hydrogen-bond donors (Lipinski definition) is 3. The summed E-state index contributed by atoms with van der Waals surface area (Å²) in [7, 11) is 0. The summed E-state index contributed by atoms with van der Waals surface area (Å²) in [6.07, 6.45) is 2.54. The van der Waals surface area contributed by atoms with Crippen LogP contribution in [0.15, 0.2) is 73.1 Å². The van der Waals surface area contributed by atoms with Crippen LogP contribution in [-0.2, 0) is 6.54 Å². The Labute approximate surface area is 140 Å². The average Bonchev–Trinajstić information content (AvgIpc) is 2.62. The number of anilines is 2. The fraction of sp³-hybridized carbons (Fsp3) is 0.0526. The van der Waals surface area contributed by atoms with Crippen molar-refractivity contribution in [3.8, 4) is 11.1 Å². The van der Waals surface area contributed by atoms with Gasteiger partial charge in [0.1, 0.15) is 0 Å². The van der Waals surface area contributed by atoms with Gasteiger partial charge >= 0.3 is 6.09 Å². The van der Waals surface area contributed by atoms with E-state index in [0.717, 1.165) is 22.4 Å². The third-order valence-corrected chi connectivity index (χ3v) is 3.55. The maximum absolute atomic E-state index is 10.6. The van der Waals surface area contributed by atoms with Crippen molar-refractivity contribution in [3.63, 3.8) is 0 Å². The largest absolute Gasteiger partial charge is 0.465 e. The first-order valence-corrected chi connectivity index (χ1v) is 7.54. The lowest BCUT2D eigenvalue weighted by Gasteiger charge is -2.09. The molecular weight excluding hydrogens is 302 g/mol. The number of carboxylic acid groups (broad SMARTS) is 1. The molecule has 0 saturated carbocycles. The Morgan fingerprint density at radius 3 is 2.42 bits per heavy atom. The summed E-state index contributed by atoms with van der Waals surface area (Å²) in [5, 5.41) is 14.3. The van der Waals surface area contributed by atoms with Gasteiger partial charge in [-0.2, -0.15) is 0 Å². The summed E-state index contributed by atoms with van der Waals surface area (Å²) in [5.41, 5.74) is 4.85. The molecule has 2 aromatic carbocycles. The molecule has 3 N–H and O–H groups in total. The SMILES string of the molecule is O=C(O)Nc1ccc(NCc2cccc(-c3cccnc3)c2)cc1. The zero-order valence-corrected chi connectivity index (χ0v) is 12.9. The van der Waals surface area contributed by atoms with Gasteiger partial charge in [0.2, 0.25) is 0 Å². The van der Waals surface area contributed by atoms with Crippen molar-refractivity contribution >= 4 is 17.5 Å². The third kappa shape index (κ3) is 4.10. The molecule has 3 rings (SSSR count). The minimum atomic E-state index is -1.07. The number of hydrogen-bond acceptors (Lipinski definition) is 3. The van der Waals surface area contributed by atoms with Crippen LogP contribution in [0, 0.1) is 0 Å². The van der Waals surface area contributed by atoms with Gasteiger partial charge in [-0.25, -0.2) is 4.79 Å². The van der Waals surface area contributed by atoms with Crippen LogP contribution in [0.1, 0.15) is 5.56 Å². The van der Waals surface area contributed by atoms with Gasteiger partial charge in [-0.3, -0.25) is 10.3 Å². The second-order valence-corrected chi connectivity index (χ2v) is 5.30. The summed E-state index contributed by atoms with van der Waals surface area (Å²) in [5.74, 6) is 0. The Morgan fingerprint density at radius 2 is 1.71 bits per heavy atom. The molecule has 1 amide bonds. The zero-order valence-electron chi connectivity index (χ0n) is 12.9. The van der Waals surface area contributed by atoms with E-state index in [0.29, 0.717) is 12.2 Å². The second-order valence-electron chi connectivity index (χ2n) is 5.30. The highest BCUT2D eigenvalue weighted by Crippen LogP contribution is 2.20. The molecule has 0 spiro atoms. The van der Waals surface area contributed by atoms with Gasteiger partial charge < -0.3 is 10.4 Å². The van der Waals surface area contributed by atoms with Gasteiger partial charge in [0.15, 0.2) is 0 Å². The van der Waals surface area contributed by atoms with Gasteiger partial charge in [-0.05, 0) is 53.1 Å². The zero-order chi connectivity index (χ0) is 16.8. The summed E-state index contributed by atoms with van der Waals surface area (Å²) in [6, 6.07) is 19.4. The lowest BCUT2D eigenvalue weighted by atomic mass is 10.0. The quantitative estimate of drug-likeness (QED) is 0.649. The first kappa shape index (κ1) is 15.6. The van der Waals surface area contributed by atoms with Crippen LogP contribution in [0.5, 0.6) is 0 Å². The molecule has 0 bridgehead atoms. The number of nitrogens with zero attached hydrogens (tertiary/aromatic N) is 1. The summed E-state index contributed by atoms with van der Waals surface area (Å²) < 4.78 is 0. The molecule has 1 aromatic heterocycles. The van der Waals surface area contributed by atoms with E-state index in [4.69, 9.17) is 5.11 Å². The van der Waals surface area contributed by atoms with Crippen molar-refractivity contribution in [1.82, 2.24) is 4.98 Å². The first-order chi connectivity index (χ1) is 11.7. The number of nitrogens with one attached hydrogen (secondary N) is 2. The molecule has 1 heterocycles. The van der Waals surface area contributed by atoms with E-state index in [9.17, 15) is 4.79 Å². The highest BCUT2D eigenvalue weighted by molar-refractivity contribution is 5.83. The molecule has 120 valence electrons. The Morgan fingerprint density at radius 1 is 0.958 bits per heavy atom. The van der Waals surface area contributed by atoms with E-state index in [1.165, 1.54) is 0 Å². The number of rotatable bonds is 5. The van der Waals surface area contributed by atoms with Crippen LogP contribution >= 0.6 is 0 Å². The number of aromatic nitrogens is 1. The maximum atomic E-state index is 10.6. The first-order valence-electron chi connectivity index (χ1n) is 7.54. The van der Waals surface area contributed by atoms with E-state index >= 15 is 0 Å². The molecular formula is C19H17N3O2. The molecule has 0 fully saturated rings. The Bertz CT molecular complexity index is 818. The Hall–Kier alpha value is -3.34. The number of benzene rings is 2. The van der Waals surface area contributed by atoms with Crippen LogP contribution in [0.4, 0.5) is 16.2 Å². The van der Waals surface area contributed by atoms with E-state index in [1.54, 1.807) is 18.3 Å². The molecule has 0 saturated heterocycles. The molecule has 0 aliphatic rings. The molecule has 0 atom stereocenters. The predicted molar refractivity (Wildman–Crippen MR) is 95.1 cm³/mol. The normalized spacial score (nSPS) is 10.2. The summed E-state index contributed by atoms with van der Waals surface area (Å²) >= 11 is 0. The molecule has 3 aromatic rings. The fourth-order valence-corrected chi connectivity index (χ4v) is 2.39. The molecule has 0 radical (unpaired) electrons.